The van der Waals surface area contributed by atoms with Crippen molar-refractivity contribution in [3.05, 3.63) is 30.2 Å². The number of ether oxygens (including phenoxy) is 1. The lowest BCUT2D eigenvalue weighted by Crippen LogP contribution is -2.31. The van der Waals surface area contributed by atoms with Gasteiger partial charge in [-0.2, -0.15) is 0 Å². The van der Waals surface area contributed by atoms with Gasteiger partial charge < -0.3 is 9.64 Å². The van der Waals surface area contributed by atoms with E-state index in [2.05, 4.69) is 35.6 Å². The number of rotatable bonds is 4. The first-order valence-corrected chi connectivity index (χ1v) is 6.68. The minimum absolute atomic E-state index is 0.281. The molecule has 5 heteroatoms. The maximum Gasteiger partial charge on any atom is 0.356 e. The summed E-state index contributed by atoms with van der Waals surface area (Å²) in [6.07, 6.45) is 3.49. The third-order valence-corrected chi connectivity index (χ3v) is 3.24. The third kappa shape index (κ3) is 2.57. The third-order valence-electron chi connectivity index (χ3n) is 3.24. The van der Waals surface area contributed by atoms with E-state index in [1.807, 2.05) is 6.07 Å². The molecule has 2 rings (SSSR count). The van der Waals surface area contributed by atoms with E-state index in [-0.39, 0.29) is 6.04 Å². The lowest BCUT2D eigenvalue weighted by Gasteiger charge is -2.27. The number of esters is 1. The summed E-state index contributed by atoms with van der Waals surface area (Å²) in [5.74, 6) is 0.346. The average Bonchev–Trinajstić information content (AvgIpc) is 2.46. The highest BCUT2D eigenvalue weighted by Crippen LogP contribution is 2.26. The van der Waals surface area contributed by atoms with Gasteiger partial charge in [0.15, 0.2) is 5.69 Å². The highest BCUT2D eigenvalue weighted by Gasteiger charge is 2.18. The quantitative estimate of drug-likeness (QED) is 0.802. The number of methoxy groups -OCH3 is 1. The van der Waals surface area contributed by atoms with Gasteiger partial charge in [0.2, 0.25) is 0 Å². The Hall–Kier alpha value is -2.17. The normalized spacial score (nSPS) is 10.8. The molecule has 2 aromatic rings. The van der Waals surface area contributed by atoms with Crippen molar-refractivity contribution in [3.63, 3.8) is 0 Å². The molecule has 0 N–H and O–H groups in total. The molecule has 0 aliphatic carbocycles. The molecule has 0 atom stereocenters. The zero-order chi connectivity index (χ0) is 14.7. The molecule has 106 valence electrons. The van der Waals surface area contributed by atoms with E-state index in [4.69, 9.17) is 4.74 Å². The molecule has 0 fully saturated rings. The van der Waals surface area contributed by atoms with Gasteiger partial charge in [0, 0.05) is 30.4 Å². The molecule has 5 nitrogen and oxygen atoms in total. The zero-order valence-corrected chi connectivity index (χ0v) is 12.3. The summed E-state index contributed by atoms with van der Waals surface area (Å²) < 4.78 is 4.78. The molecule has 0 amide bonds. The van der Waals surface area contributed by atoms with Crippen molar-refractivity contribution in [2.24, 2.45) is 0 Å². The fraction of sp³-hybridized carbons (Fsp3) is 0.400. The molecule has 2 heterocycles. The van der Waals surface area contributed by atoms with Crippen molar-refractivity contribution < 1.29 is 9.53 Å². The van der Waals surface area contributed by atoms with E-state index in [0.717, 1.165) is 23.1 Å². The molecule has 0 saturated carbocycles. The Morgan fingerprint density at radius 2 is 2.20 bits per heavy atom. The van der Waals surface area contributed by atoms with Gasteiger partial charge in [0.25, 0.3) is 0 Å². The van der Waals surface area contributed by atoms with Crippen LogP contribution < -0.4 is 4.90 Å². The smallest absolute Gasteiger partial charge is 0.356 e. The highest BCUT2D eigenvalue weighted by atomic mass is 16.5. The monoisotopic (exact) mass is 273 g/mol. The topological polar surface area (TPSA) is 55.3 Å². The van der Waals surface area contributed by atoms with Crippen LogP contribution in [0.25, 0.3) is 10.8 Å². The Labute approximate surface area is 118 Å². The molecule has 0 aliphatic rings. The minimum Gasteiger partial charge on any atom is -0.464 e. The van der Waals surface area contributed by atoms with E-state index >= 15 is 0 Å². The number of carbonyl (C=O) groups excluding carboxylic acids is 1. The van der Waals surface area contributed by atoms with Crippen molar-refractivity contribution in [2.75, 3.05) is 18.6 Å². The molecule has 0 radical (unpaired) electrons. The number of hydrogen-bond acceptors (Lipinski definition) is 5. The predicted octanol–water partition coefficient (Wildman–Crippen LogP) is 2.65. The number of aromatic nitrogens is 2. The van der Waals surface area contributed by atoms with Crippen LogP contribution in [0.4, 0.5) is 5.82 Å². The molecule has 0 unspecified atom stereocenters. The van der Waals surface area contributed by atoms with Gasteiger partial charge in [-0.1, -0.05) is 0 Å². The molecule has 0 spiro atoms. The van der Waals surface area contributed by atoms with Crippen LogP contribution in [0.1, 0.15) is 31.3 Å². The highest BCUT2D eigenvalue weighted by molar-refractivity contribution is 5.98. The fourth-order valence-corrected chi connectivity index (χ4v) is 2.26. The number of anilines is 1. The Kier molecular flexibility index (Phi) is 4.17. The Bertz CT molecular complexity index is 626. The fourth-order valence-electron chi connectivity index (χ4n) is 2.26. The van der Waals surface area contributed by atoms with Gasteiger partial charge >= 0.3 is 5.97 Å². The molecule has 20 heavy (non-hydrogen) atoms. The van der Waals surface area contributed by atoms with Gasteiger partial charge in [-0.25, -0.2) is 9.78 Å². The van der Waals surface area contributed by atoms with Crippen LogP contribution in [0, 0.1) is 0 Å². The summed E-state index contributed by atoms with van der Waals surface area (Å²) in [5.41, 5.74) is 0.320. The second kappa shape index (κ2) is 5.86. The van der Waals surface area contributed by atoms with Gasteiger partial charge in [0.05, 0.1) is 7.11 Å². The van der Waals surface area contributed by atoms with E-state index in [1.165, 1.54) is 7.11 Å². The van der Waals surface area contributed by atoms with Crippen LogP contribution in [0.5, 0.6) is 0 Å². The summed E-state index contributed by atoms with van der Waals surface area (Å²) in [6.45, 7) is 7.06. The lowest BCUT2D eigenvalue weighted by atomic mass is 10.1. The number of hydrogen-bond donors (Lipinski definition) is 0. The standard InChI is InChI=1S/C15H19N3O2/c1-5-18(10(2)3)14-12-9-16-7-6-11(12)8-13(17-14)15(19)20-4/h6-10H,5H2,1-4H3. The summed E-state index contributed by atoms with van der Waals surface area (Å²) >= 11 is 0. The number of pyridine rings is 2. The molecule has 0 aromatic carbocycles. The SMILES string of the molecule is CCN(c1nc(C(=O)OC)cc2ccncc12)C(C)C. The number of fused-ring (bicyclic) bond motifs is 1. The van der Waals surface area contributed by atoms with Gasteiger partial charge in [-0.3, -0.25) is 4.98 Å². The minimum atomic E-state index is -0.426. The van der Waals surface area contributed by atoms with Crippen molar-refractivity contribution in [1.82, 2.24) is 9.97 Å². The summed E-state index contributed by atoms with van der Waals surface area (Å²) in [6, 6.07) is 3.89. The number of carbonyl (C=O) groups is 1. The number of nitrogens with zero attached hydrogens (tertiary/aromatic N) is 3. The van der Waals surface area contributed by atoms with Crippen molar-refractivity contribution >= 4 is 22.6 Å². The van der Waals surface area contributed by atoms with Gasteiger partial charge in [-0.15, -0.1) is 0 Å². The lowest BCUT2D eigenvalue weighted by molar-refractivity contribution is 0.0594. The van der Waals surface area contributed by atoms with Crippen LogP contribution in [-0.2, 0) is 4.74 Å². The summed E-state index contributed by atoms with van der Waals surface area (Å²) in [5, 5.41) is 1.88. The Morgan fingerprint density at radius 1 is 1.45 bits per heavy atom. The van der Waals surface area contributed by atoms with Gasteiger partial charge in [0.1, 0.15) is 5.82 Å². The van der Waals surface area contributed by atoms with Crippen LogP contribution in [0.3, 0.4) is 0 Å². The molecule has 0 aliphatic heterocycles. The van der Waals surface area contributed by atoms with E-state index in [1.54, 1.807) is 18.5 Å². The predicted molar refractivity (Wildman–Crippen MR) is 79.0 cm³/mol. The largest absolute Gasteiger partial charge is 0.464 e. The Balaban J connectivity index is 2.69. The summed E-state index contributed by atoms with van der Waals surface area (Å²) in [7, 11) is 1.36. The second-order valence-electron chi connectivity index (χ2n) is 4.80. The first-order valence-electron chi connectivity index (χ1n) is 6.68. The second-order valence-corrected chi connectivity index (χ2v) is 4.80. The first-order chi connectivity index (χ1) is 9.58. The molecule has 0 saturated heterocycles. The van der Waals surface area contributed by atoms with E-state index in [9.17, 15) is 4.79 Å². The molecular formula is C15H19N3O2. The Morgan fingerprint density at radius 3 is 2.80 bits per heavy atom. The average molecular weight is 273 g/mol. The summed E-state index contributed by atoms with van der Waals surface area (Å²) in [4.78, 5) is 22.5. The van der Waals surface area contributed by atoms with Crippen molar-refractivity contribution in [3.8, 4) is 0 Å². The van der Waals surface area contributed by atoms with Crippen molar-refractivity contribution in [2.45, 2.75) is 26.8 Å². The van der Waals surface area contributed by atoms with Crippen LogP contribution >= 0.6 is 0 Å². The van der Waals surface area contributed by atoms with Crippen LogP contribution in [0.15, 0.2) is 24.5 Å². The van der Waals surface area contributed by atoms with Gasteiger partial charge in [-0.05, 0) is 38.3 Å². The van der Waals surface area contributed by atoms with E-state index in [0.29, 0.717) is 5.69 Å². The van der Waals surface area contributed by atoms with Crippen LogP contribution in [0.2, 0.25) is 0 Å². The zero-order valence-electron chi connectivity index (χ0n) is 12.3. The maximum absolute atomic E-state index is 11.8. The maximum atomic E-state index is 11.8. The van der Waals surface area contributed by atoms with Crippen molar-refractivity contribution in [1.29, 1.82) is 0 Å². The van der Waals surface area contributed by atoms with Crippen LogP contribution in [-0.4, -0.2) is 35.6 Å². The van der Waals surface area contributed by atoms with E-state index < -0.39 is 5.97 Å². The molecule has 0 bridgehead atoms. The first kappa shape index (κ1) is 14.2. The molecule has 2 aromatic heterocycles. The molecular weight excluding hydrogens is 254 g/mol.